The molecule has 0 saturated heterocycles. The third-order valence-electron chi connectivity index (χ3n) is 1.65. The van der Waals surface area contributed by atoms with Gasteiger partial charge in [0.15, 0.2) is 0 Å². The van der Waals surface area contributed by atoms with Gasteiger partial charge in [-0.2, -0.15) is 8.42 Å². The molecule has 0 amide bonds. The predicted octanol–water partition coefficient (Wildman–Crippen LogP) is 2.53. The van der Waals surface area contributed by atoms with E-state index < -0.39 is 15.7 Å². The van der Waals surface area contributed by atoms with Gasteiger partial charge in [0.05, 0.1) is 10.6 Å². The van der Waals surface area contributed by atoms with Crippen LogP contribution in [0.4, 0.5) is 0 Å². The molecule has 0 spiro atoms. The minimum absolute atomic E-state index is 0.0993. The normalized spacial score (nSPS) is 13.8. The van der Waals surface area contributed by atoms with E-state index in [0.29, 0.717) is 10.6 Å². The molecule has 1 heterocycles. The Balaban J connectivity index is 2.91. The molecule has 0 atom stereocenters. The van der Waals surface area contributed by atoms with Crippen molar-refractivity contribution in [1.82, 2.24) is 0 Å². The molecule has 0 aliphatic rings. The Morgan fingerprint density at radius 2 is 2.00 bits per heavy atom. The van der Waals surface area contributed by atoms with E-state index in [9.17, 15) is 8.42 Å². The van der Waals surface area contributed by atoms with Crippen molar-refractivity contribution in [1.29, 1.82) is 0 Å². The summed E-state index contributed by atoms with van der Waals surface area (Å²) in [7, 11) is -4.14. The minimum atomic E-state index is -4.14. The Morgan fingerprint density at radius 1 is 1.41 bits per heavy atom. The van der Waals surface area contributed by atoms with Crippen LogP contribution in [0.3, 0.4) is 0 Å². The van der Waals surface area contributed by atoms with Gasteiger partial charge in [-0.15, -0.1) is 11.3 Å². The van der Waals surface area contributed by atoms with Crippen LogP contribution in [0.5, 0.6) is 0 Å². The molecule has 1 N–H and O–H groups in total. The van der Waals surface area contributed by atoms with Gasteiger partial charge < -0.3 is 4.84 Å². The van der Waals surface area contributed by atoms with Gasteiger partial charge in [0.25, 0.3) is 0 Å². The summed E-state index contributed by atoms with van der Waals surface area (Å²) in [5, 5.41) is 3.91. The molecule has 0 bridgehead atoms. The van der Waals surface area contributed by atoms with E-state index in [-0.39, 0.29) is 4.21 Å². The van der Waals surface area contributed by atoms with Crippen LogP contribution in [-0.2, 0) is 15.0 Å². The molecule has 5 nitrogen and oxygen atoms in total. The van der Waals surface area contributed by atoms with Gasteiger partial charge in [-0.1, -0.05) is 5.16 Å². The first-order chi connectivity index (χ1) is 7.59. The van der Waals surface area contributed by atoms with Gasteiger partial charge >= 0.3 is 10.1 Å². The van der Waals surface area contributed by atoms with Crippen LogP contribution < -0.4 is 0 Å². The number of hydrogen-bond donors (Lipinski definition) is 1. The summed E-state index contributed by atoms with van der Waals surface area (Å²) < 4.78 is 30.5. The maximum absolute atomic E-state index is 10.9. The first-order valence-corrected chi connectivity index (χ1v) is 7.16. The fourth-order valence-electron chi connectivity index (χ4n) is 0.904. The summed E-state index contributed by atoms with van der Waals surface area (Å²) in [6.07, 6.45) is 0. The maximum atomic E-state index is 10.9. The second-order valence-electron chi connectivity index (χ2n) is 4.47. The Hall–Kier alpha value is -0.920. The molecule has 96 valence electrons. The number of oxime groups is 1. The van der Waals surface area contributed by atoms with Crippen molar-refractivity contribution in [3.05, 3.63) is 17.0 Å². The lowest BCUT2D eigenvalue weighted by atomic mass is 10.2. The molecular formula is C10H15NO4S2. The highest BCUT2D eigenvalue weighted by Gasteiger charge is 2.15. The van der Waals surface area contributed by atoms with E-state index in [2.05, 4.69) is 5.16 Å². The number of rotatable bonds is 3. The molecule has 1 aromatic heterocycles. The monoisotopic (exact) mass is 277 g/mol. The number of hydrogen-bond acceptors (Lipinski definition) is 5. The van der Waals surface area contributed by atoms with E-state index >= 15 is 0 Å². The number of nitrogens with zero attached hydrogens (tertiary/aromatic N) is 1. The highest BCUT2D eigenvalue weighted by atomic mass is 32.3. The summed E-state index contributed by atoms with van der Waals surface area (Å²) in [6, 6.07) is 2.92. The van der Waals surface area contributed by atoms with Crippen molar-refractivity contribution in [3.63, 3.8) is 0 Å². The van der Waals surface area contributed by atoms with E-state index in [0.717, 1.165) is 11.3 Å². The van der Waals surface area contributed by atoms with Crippen LogP contribution in [0.1, 0.15) is 32.6 Å². The highest BCUT2D eigenvalue weighted by molar-refractivity contribution is 7.88. The molecule has 1 rings (SSSR count). The van der Waals surface area contributed by atoms with Gasteiger partial charge in [-0.05, 0) is 39.8 Å². The fourth-order valence-corrected chi connectivity index (χ4v) is 2.51. The molecule has 0 aliphatic heterocycles. The third-order valence-corrected chi connectivity index (χ3v) is 4.16. The molecule has 0 fully saturated rings. The lowest BCUT2D eigenvalue weighted by molar-refractivity contribution is 0.000985. The predicted molar refractivity (Wildman–Crippen MR) is 67.2 cm³/mol. The maximum Gasteiger partial charge on any atom is 0.304 e. The Morgan fingerprint density at radius 3 is 2.41 bits per heavy atom. The average molecular weight is 277 g/mol. The van der Waals surface area contributed by atoms with Crippen LogP contribution in [0.25, 0.3) is 0 Å². The first-order valence-electron chi connectivity index (χ1n) is 4.90. The second kappa shape index (κ2) is 4.75. The average Bonchev–Trinajstić information content (AvgIpc) is 2.60. The summed E-state index contributed by atoms with van der Waals surface area (Å²) in [5.41, 5.74) is 0.171. The Kier molecular flexibility index (Phi) is 3.95. The van der Waals surface area contributed by atoms with Crippen LogP contribution in [0.15, 0.2) is 21.5 Å². The lowest BCUT2D eigenvalue weighted by Crippen LogP contribution is -2.16. The van der Waals surface area contributed by atoms with Gasteiger partial charge in [0, 0.05) is 0 Å². The van der Waals surface area contributed by atoms with Crippen molar-refractivity contribution in [2.75, 3.05) is 0 Å². The van der Waals surface area contributed by atoms with Crippen molar-refractivity contribution in [2.24, 2.45) is 5.16 Å². The smallest absolute Gasteiger partial charge is 0.304 e. The fraction of sp³-hybridized carbons (Fsp3) is 0.500. The van der Waals surface area contributed by atoms with Crippen LogP contribution in [0.2, 0.25) is 0 Å². The molecule has 0 unspecified atom stereocenters. The van der Waals surface area contributed by atoms with Crippen molar-refractivity contribution >= 4 is 27.2 Å². The van der Waals surface area contributed by atoms with E-state index in [1.54, 1.807) is 13.0 Å². The van der Waals surface area contributed by atoms with E-state index in [1.165, 1.54) is 6.07 Å². The van der Waals surface area contributed by atoms with Crippen LogP contribution in [-0.4, -0.2) is 24.3 Å². The Bertz CT molecular complexity index is 523. The summed E-state index contributed by atoms with van der Waals surface area (Å²) in [4.78, 5) is 5.86. The van der Waals surface area contributed by atoms with Crippen LogP contribution in [0, 0.1) is 0 Å². The molecule has 1 aromatic rings. The number of thiophene rings is 1. The molecule has 7 heteroatoms. The van der Waals surface area contributed by atoms with Crippen molar-refractivity contribution in [3.8, 4) is 0 Å². The summed E-state index contributed by atoms with van der Waals surface area (Å²) >= 11 is 0.950. The van der Waals surface area contributed by atoms with Crippen LogP contribution >= 0.6 is 11.3 Å². The molecule has 0 aliphatic carbocycles. The zero-order chi connectivity index (χ0) is 13.3. The summed E-state index contributed by atoms with van der Waals surface area (Å²) in [5.74, 6) is 0. The molecular weight excluding hydrogens is 262 g/mol. The first kappa shape index (κ1) is 14.1. The topological polar surface area (TPSA) is 76.0 Å². The van der Waals surface area contributed by atoms with Gasteiger partial charge in [-0.25, -0.2) is 0 Å². The zero-order valence-corrected chi connectivity index (χ0v) is 11.7. The van der Waals surface area contributed by atoms with E-state index in [1.807, 2.05) is 20.8 Å². The summed E-state index contributed by atoms with van der Waals surface area (Å²) in [6.45, 7) is 7.30. The lowest BCUT2D eigenvalue weighted by Gasteiger charge is -2.15. The largest absolute Gasteiger partial charge is 0.390 e. The second-order valence-corrected chi connectivity index (χ2v) is 7.21. The third kappa shape index (κ3) is 4.45. The van der Waals surface area contributed by atoms with E-state index in [4.69, 9.17) is 9.39 Å². The van der Waals surface area contributed by atoms with Crippen molar-refractivity contribution < 1.29 is 17.8 Å². The molecule has 0 saturated carbocycles. The van der Waals surface area contributed by atoms with Crippen molar-refractivity contribution in [2.45, 2.75) is 37.5 Å². The van der Waals surface area contributed by atoms with Gasteiger partial charge in [-0.3, -0.25) is 4.55 Å². The molecule has 0 aromatic carbocycles. The zero-order valence-electron chi connectivity index (χ0n) is 10.1. The van der Waals surface area contributed by atoms with Gasteiger partial charge in [0.2, 0.25) is 0 Å². The van der Waals surface area contributed by atoms with Gasteiger partial charge in [0.1, 0.15) is 9.81 Å². The molecule has 17 heavy (non-hydrogen) atoms. The SMILES string of the molecule is C/C(=N\OC(C)(C)C)c1ccc(S(=O)(=O)O)s1. The minimum Gasteiger partial charge on any atom is -0.390 e. The highest BCUT2D eigenvalue weighted by Crippen LogP contribution is 2.22. The standard InChI is InChI=1S/C10H15NO4S2/c1-7(11-15-10(2,3)4)8-5-6-9(16-8)17(12,13)14/h5-6H,1-4H3,(H,12,13,14)/b11-7+. The molecule has 0 radical (unpaired) electrons. The quantitative estimate of drug-likeness (QED) is 0.523. The Labute approximate surface area is 105 Å².